The van der Waals surface area contributed by atoms with E-state index < -0.39 is 0 Å². The van der Waals surface area contributed by atoms with E-state index in [1.54, 1.807) is 6.26 Å². The zero-order chi connectivity index (χ0) is 16.3. The number of rotatable bonds is 2. The van der Waals surface area contributed by atoms with Crippen LogP contribution in [0.25, 0.3) is 22.2 Å². The molecule has 2 saturated heterocycles. The lowest BCUT2D eigenvalue weighted by Gasteiger charge is -2.31. The molecule has 0 aliphatic carbocycles. The third-order valence-corrected chi connectivity index (χ3v) is 5.35. The monoisotopic (exact) mass is 322 g/mol. The Bertz CT molecular complexity index is 912. The van der Waals surface area contributed by atoms with Crippen molar-refractivity contribution in [3.63, 3.8) is 0 Å². The lowest BCUT2D eigenvalue weighted by molar-refractivity contribution is 0.0646. The smallest absolute Gasteiger partial charge is 0.275 e. The number of furan rings is 1. The van der Waals surface area contributed by atoms with Gasteiger partial charge in [0.1, 0.15) is 5.76 Å². The number of likely N-dealkylation sites (N-methyl/N-ethyl adjacent to an activating group) is 1. The van der Waals surface area contributed by atoms with Crippen LogP contribution in [0.4, 0.5) is 0 Å². The number of piperazine rings is 1. The molecule has 0 unspecified atom stereocenters. The minimum Gasteiger partial charge on any atom is -0.464 e. The fourth-order valence-corrected chi connectivity index (χ4v) is 4.02. The fourth-order valence-electron chi connectivity index (χ4n) is 4.02. The number of carbonyl (C=O) groups excluding carboxylic acids is 1. The molecule has 3 aromatic rings. The molecule has 1 N–H and O–H groups in total. The normalized spacial score (nSPS) is 23.5. The molecule has 24 heavy (non-hydrogen) atoms. The van der Waals surface area contributed by atoms with Gasteiger partial charge in [0, 0.05) is 36.1 Å². The van der Waals surface area contributed by atoms with Crippen LogP contribution in [0.2, 0.25) is 0 Å². The van der Waals surface area contributed by atoms with E-state index in [-0.39, 0.29) is 5.91 Å². The SMILES string of the molecule is CN1C[C@@H]2C[C@H]1CN2C(=O)c1n[nH]c2ccc(-c3ccco3)cc12. The van der Waals surface area contributed by atoms with Crippen LogP contribution in [-0.2, 0) is 0 Å². The number of fused-ring (bicyclic) bond motifs is 3. The Kier molecular flexibility index (Phi) is 2.84. The molecule has 6 heteroatoms. The van der Waals surface area contributed by atoms with E-state index in [1.807, 2.05) is 35.2 Å². The summed E-state index contributed by atoms with van der Waals surface area (Å²) in [6.07, 6.45) is 2.72. The Morgan fingerprint density at radius 1 is 1.29 bits per heavy atom. The van der Waals surface area contributed by atoms with E-state index in [1.165, 1.54) is 0 Å². The minimum atomic E-state index is 0.0263. The summed E-state index contributed by atoms with van der Waals surface area (Å²) in [5.41, 5.74) is 2.33. The Balaban J connectivity index is 1.53. The largest absolute Gasteiger partial charge is 0.464 e. The molecular formula is C18H18N4O2. The van der Waals surface area contributed by atoms with Crippen molar-refractivity contribution >= 4 is 16.8 Å². The first-order valence-corrected chi connectivity index (χ1v) is 8.24. The van der Waals surface area contributed by atoms with Gasteiger partial charge in [-0.25, -0.2) is 0 Å². The molecule has 6 nitrogen and oxygen atoms in total. The van der Waals surface area contributed by atoms with Crippen molar-refractivity contribution in [2.75, 3.05) is 20.1 Å². The summed E-state index contributed by atoms with van der Waals surface area (Å²) in [4.78, 5) is 17.3. The van der Waals surface area contributed by atoms with Gasteiger partial charge in [0.2, 0.25) is 0 Å². The molecule has 0 saturated carbocycles. The molecule has 122 valence electrons. The average Bonchev–Trinajstić information content (AvgIpc) is 3.35. The van der Waals surface area contributed by atoms with Crippen LogP contribution < -0.4 is 0 Å². The zero-order valence-corrected chi connectivity index (χ0v) is 13.4. The summed E-state index contributed by atoms with van der Waals surface area (Å²) >= 11 is 0. The third-order valence-electron chi connectivity index (χ3n) is 5.35. The number of hydrogen-bond donors (Lipinski definition) is 1. The van der Waals surface area contributed by atoms with Crippen LogP contribution >= 0.6 is 0 Å². The number of carbonyl (C=O) groups is 1. The van der Waals surface area contributed by atoms with Gasteiger partial charge in [-0.1, -0.05) is 0 Å². The first-order valence-electron chi connectivity index (χ1n) is 8.24. The average molecular weight is 322 g/mol. The van der Waals surface area contributed by atoms with Crippen LogP contribution in [0.1, 0.15) is 16.9 Å². The summed E-state index contributed by atoms with van der Waals surface area (Å²) in [5.74, 6) is 0.816. The van der Waals surface area contributed by atoms with Crippen molar-refractivity contribution < 1.29 is 9.21 Å². The van der Waals surface area contributed by atoms with Gasteiger partial charge in [-0.3, -0.25) is 14.8 Å². The van der Waals surface area contributed by atoms with Crippen molar-refractivity contribution in [3.05, 3.63) is 42.3 Å². The number of aromatic nitrogens is 2. The first-order chi connectivity index (χ1) is 11.7. The Labute approximate surface area is 139 Å². The highest BCUT2D eigenvalue weighted by atomic mass is 16.3. The molecule has 0 radical (unpaired) electrons. The van der Waals surface area contributed by atoms with Gasteiger partial charge in [-0.15, -0.1) is 0 Å². The van der Waals surface area contributed by atoms with Crippen molar-refractivity contribution in [1.82, 2.24) is 20.0 Å². The van der Waals surface area contributed by atoms with Gasteiger partial charge in [-0.05, 0) is 43.8 Å². The number of likely N-dealkylation sites (tertiary alicyclic amines) is 2. The van der Waals surface area contributed by atoms with Crippen molar-refractivity contribution in [3.8, 4) is 11.3 Å². The van der Waals surface area contributed by atoms with Gasteiger partial charge in [-0.2, -0.15) is 5.10 Å². The van der Waals surface area contributed by atoms with Gasteiger partial charge < -0.3 is 9.32 Å². The van der Waals surface area contributed by atoms with Crippen LogP contribution in [0, 0.1) is 0 Å². The number of aromatic amines is 1. The van der Waals surface area contributed by atoms with Gasteiger partial charge >= 0.3 is 0 Å². The number of nitrogens with one attached hydrogen (secondary N) is 1. The van der Waals surface area contributed by atoms with E-state index >= 15 is 0 Å². The second-order valence-corrected chi connectivity index (χ2v) is 6.75. The van der Waals surface area contributed by atoms with Gasteiger partial charge in [0.25, 0.3) is 5.91 Å². The van der Waals surface area contributed by atoms with E-state index in [0.717, 1.165) is 41.7 Å². The van der Waals surface area contributed by atoms with E-state index in [2.05, 4.69) is 22.1 Å². The molecule has 0 spiro atoms. The fraction of sp³-hybridized carbons (Fsp3) is 0.333. The molecule has 2 bridgehead atoms. The molecule has 4 heterocycles. The summed E-state index contributed by atoms with van der Waals surface area (Å²) in [6, 6.07) is 10.5. The van der Waals surface area contributed by atoms with Crippen LogP contribution in [0.5, 0.6) is 0 Å². The number of amides is 1. The maximum Gasteiger partial charge on any atom is 0.275 e. The van der Waals surface area contributed by atoms with Crippen LogP contribution in [0.3, 0.4) is 0 Å². The third kappa shape index (κ3) is 1.93. The predicted octanol–water partition coefficient (Wildman–Crippen LogP) is 2.35. The van der Waals surface area contributed by atoms with Crippen molar-refractivity contribution in [2.45, 2.75) is 18.5 Å². The number of nitrogens with zero attached hydrogens (tertiary/aromatic N) is 3. The number of hydrogen-bond acceptors (Lipinski definition) is 4. The predicted molar refractivity (Wildman–Crippen MR) is 89.7 cm³/mol. The Morgan fingerprint density at radius 2 is 2.21 bits per heavy atom. The molecule has 2 aromatic heterocycles. The maximum atomic E-state index is 13.0. The lowest BCUT2D eigenvalue weighted by Crippen LogP contribution is -2.47. The molecule has 5 rings (SSSR count). The lowest BCUT2D eigenvalue weighted by atomic mass is 10.1. The summed E-state index contributed by atoms with van der Waals surface area (Å²) in [7, 11) is 2.13. The highest BCUT2D eigenvalue weighted by Gasteiger charge is 2.44. The van der Waals surface area contributed by atoms with Gasteiger partial charge in [0.05, 0.1) is 11.8 Å². The number of benzene rings is 1. The highest BCUT2D eigenvalue weighted by molar-refractivity contribution is 6.05. The minimum absolute atomic E-state index is 0.0263. The van der Waals surface area contributed by atoms with E-state index in [9.17, 15) is 4.79 Å². The van der Waals surface area contributed by atoms with Crippen molar-refractivity contribution in [2.24, 2.45) is 0 Å². The summed E-state index contributed by atoms with van der Waals surface area (Å²) < 4.78 is 5.47. The molecule has 1 amide bonds. The standard InChI is InChI=1S/C18H18N4O2/c1-21-9-13-8-12(21)10-22(13)18(23)17-14-7-11(16-3-2-6-24-16)4-5-15(14)19-20-17/h2-7,12-13H,8-10H2,1H3,(H,19,20)/t12-,13-/m0/s1. The van der Waals surface area contributed by atoms with Gasteiger partial charge in [0.15, 0.2) is 5.69 Å². The summed E-state index contributed by atoms with van der Waals surface area (Å²) in [6.45, 7) is 1.75. The Hall–Kier alpha value is -2.60. The zero-order valence-electron chi connectivity index (χ0n) is 13.4. The van der Waals surface area contributed by atoms with E-state index in [4.69, 9.17) is 4.42 Å². The maximum absolute atomic E-state index is 13.0. The molecule has 2 aliphatic heterocycles. The van der Waals surface area contributed by atoms with Crippen LogP contribution in [0.15, 0.2) is 41.0 Å². The molecular weight excluding hydrogens is 304 g/mol. The van der Waals surface area contributed by atoms with Crippen LogP contribution in [-0.4, -0.2) is 58.1 Å². The molecule has 2 atom stereocenters. The van der Waals surface area contributed by atoms with Crippen molar-refractivity contribution in [1.29, 1.82) is 0 Å². The quantitative estimate of drug-likeness (QED) is 0.786. The molecule has 2 aliphatic rings. The Morgan fingerprint density at radius 3 is 2.92 bits per heavy atom. The summed E-state index contributed by atoms with van der Waals surface area (Å²) in [5, 5.41) is 8.14. The first kappa shape index (κ1) is 13.8. The molecule has 1 aromatic carbocycles. The second kappa shape index (κ2) is 4.95. The highest BCUT2D eigenvalue weighted by Crippen LogP contribution is 2.32. The topological polar surface area (TPSA) is 65.4 Å². The number of H-pyrrole nitrogens is 1. The van der Waals surface area contributed by atoms with E-state index in [0.29, 0.717) is 17.8 Å². The second-order valence-electron chi connectivity index (χ2n) is 6.75. The molecule has 2 fully saturated rings.